The lowest BCUT2D eigenvalue weighted by Crippen LogP contribution is -2.13. The van der Waals surface area contributed by atoms with Crippen molar-refractivity contribution in [2.45, 2.75) is 13.8 Å². The van der Waals surface area contributed by atoms with Gasteiger partial charge in [0, 0.05) is 4.88 Å². The summed E-state index contributed by atoms with van der Waals surface area (Å²) < 4.78 is 0. The first-order valence-electron chi connectivity index (χ1n) is 5.69. The van der Waals surface area contributed by atoms with Crippen LogP contribution >= 0.6 is 11.3 Å². The molecule has 19 heavy (non-hydrogen) atoms. The Morgan fingerprint density at radius 2 is 1.89 bits per heavy atom. The SMILES string of the molecule is Cc1cc(C(=O)Nc2ccccc2C(=O)O)sc1C. The third-order valence-electron chi connectivity index (χ3n) is 2.80. The van der Waals surface area contributed by atoms with Gasteiger partial charge < -0.3 is 10.4 Å². The Morgan fingerprint density at radius 3 is 2.47 bits per heavy atom. The Bertz CT molecular complexity index is 626. The Labute approximate surface area is 114 Å². The minimum Gasteiger partial charge on any atom is -0.478 e. The predicted octanol–water partition coefficient (Wildman–Crippen LogP) is 3.32. The first kappa shape index (κ1) is 13.3. The van der Waals surface area contributed by atoms with Crippen molar-refractivity contribution in [3.8, 4) is 0 Å². The van der Waals surface area contributed by atoms with Gasteiger partial charge in [0.25, 0.3) is 5.91 Å². The zero-order valence-electron chi connectivity index (χ0n) is 10.6. The van der Waals surface area contributed by atoms with Crippen molar-refractivity contribution < 1.29 is 14.7 Å². The summed E-state index contributed by atoms with van der Waals surface area (Å²) in [4.78, 5) is 24.8. The number of carbonyl (C=O) groups excluding carboxylic acids is 1. The van der Waals surface area contributed by atoms with Crippen molar-refractivity contribution in [1.82, 2.24) is 0 Å². The van der Waals surface area contributed by atoms with Gasteiger partial charge in [0.1, 0.15) is 0 Å². The number of carboxylic acid groups (broad SMARTS) is 1. The largest absolute Gasteiger partial charge is 0.478 e. The van der Waals surface area contributed by atoms with Gasteiger partial charge in [-0.2, -0.15) is 0 Å². The van der Waals surface area contributed by atoms with Crippen LogP contribution in [-0.4, -0.2) is 17.0 Å². The summed E-state index contributed by atoms with van der Waals surface area (Å²) in [6.07, 6.45) is 0. The third kappa shape index (κ3) is 2.82. The normalized spacial score (nSPS) is 10.2. The number of amides is 1. The molecule has 1 heterocycles. The molecule has 98 valence electrons. The van der Waals surface area contributed by atoms with Crippen molar-refractivity contribution in [3.05, 3.63) is 51.2 Å². The van der Waals surface area contributed by atoms with E-state index in [1.807, 2.05) is 13.8 Å². The Morgan fingerprint density at radius 1 is 1.21 bits per heavy atom. The molecule has 0 spiro atoms. The molecule has 0 saturated heterocycles. The number of benzene rings is 1. The van der Waals surface area contributed by atoms with Crippen LogP contribution < -0.4 is 5.32 Å². The highest BCUT2D eigenvalue weighted by Crippen LogP contribution is 2.22. The molecule has 0 aliphatic carbocycles. The van der Waals surface area contributed by atoms with Gasteiger partial charge in [-0.05, 0) is 37.6 Å². The van der Waals surface area contributed by atoms with Crippen LogP contribution in [0.1, 0.15) is 30.5 Å². The van der Waals surface area contributed by atoms with E-state index < -0.39 is 5.97 Å². The molecule has 0 aliphatic heterocycles. The molecule has 2 aromatic rings. The van der Waals surface area contributed by atoms with E-state index in [0.29, 0.717) is 10.6 Å². The second-order valence-electron chi connectivity index (χ2n) is 4.15. The first-order valence-corrected chi connectivity index (χ1v) is 6.51. The van der Waals surface area contributed by atoms with Gasteiger partial charge in [-0.3, -0.25) is 4.79 Å². The third-order valence-corrected chi connectivity index (χ3v) is 3.95. The van der Waals surface area contributed by atoms with E-state index in [9.17, 15) is 9.59 Å². The number of para-hydroxylation sites is 1. The molecule has 0 bridgehead atoms. The van der Waals surface area contributed by atoms with Gasteiger partial charge in [-0.15, -0.1) is 11.3 Å². The van der Waals surface area contributed by atoms with E-state index in [1.165, 1.54) is 17.4 Å². The molecule has 5 heteroatoms. The van der Waals surface area contributed by atoms with E-state index in [1.54, 1.807) is 24.3 Å². The minimum atomic E-state index is -1.06. The maximum absolute atomic E-state index is 12.1. The van der Waals surface area contributed by atoms with E-state index >= 15 is 0 Å². The molecule has 1 amide bonds. The number of hydrogen-bond acceptors (Lipinski definition) is 3. The fraction of sp³-hybridized carbons (Fsp3) is 0.143. The highest BCUT2D eigenvalue weighted by Gasteiger charge is 2.14. The number of nitrogens with one attached hydrogen (secondary N) is 1. The topological polar surface area (TPSA) is 66.4 Å². The molecule has 0 radical (unpaired) electrons. The van der Waals surface area contributed by atoms with E-state index in [4.69, 9.17) is 5.11 Å². The summed E-state index contributed by atoms with van der Waals surface area (Å²) in [6.45, 7) is 3.88. The lowest BCUT2D eigenvalue weighted by Gasteiger charge is -2.06. The highest BCUT2D eigenvalue weighted by atomic mass is 32.1. The smallest absolute Gasteiger partial charge is 0.337 e. The number of anilines is 1. The van der Waals surface area contributed by atoms with Gasteiger partial charge in [-0.1, -0.05) is 12.1 Å². The number of aryl methyl sites for hydroxylation is 2. The molecule has 0 fully saturated rings. The zero-order chi connectivity index (χ0) is 14.0. The Balaban J connectivity index is 2.26. The summed E-state index contributed by atoms with van der Waals surface area (Å²) in [6, 6.07) is 8.15. The fourth-order valence-corrected chi connectivity index (χ4v) is 2.58. The number of rotatable bonds is 3. The lowest BCUT2D eigenvalue weighted by atomic mass is 10.2. The standard InChI is InChI=1S/C14H13NO3S/c1-8-7-12(19-9(8)2)13(16)15-11-6-4-3-5-10(11)14(17)18/h3-7H,1-2H3,(H,15,16)(H,17,18). The molecule has 4 nitrogen and oxygen atoms in total. The van der Waals surface area contributed by atoms with Gasteiger partial charge in [0.05, 0.1) is 16.1 Å². The van der Waals surface area contributed by atoms with Crippen LogP contribution in [0.15, 0.2) is 30.3 Å². The van der Waals surface area contributed by atoms with E-state index in [2.05, 4.69) is 5.32 Å². The summed E-state index contributed by atoms with van der Waals surface area (Å²) in [5, 5.41) is 11.7. The molecule has 1 aromatic heterocycles. The second-order valence-corrected chi connectivity index (χ2v) is 5.41. The van der Waals surface area contributed by atoms with Crippen LogP contribution in [-0.2, 0) is 0 Å². The van der Waals surface area contributed by atoms with Crippen LogP contribution in [0, 0.1) is 13.8 Å². The maximum atomic E-state index is 12.1. The van der Waals surface area contributed by atoms with E-state index in [0.717, 1.165) is 10.4 Å². The summed E-state index contributed by atoms with van der Waals surface area (Å²) >= 11 is 1.40. The first-order chi connectivity index (χ1) is 8.99. The highest BCUT2D eigenvalue weighted by molar-refractivity contribution is 7.14. The monoisotopic (exact) mass is 275 g/mol. The molecule has 2 rings (SSSR count). The molecule has 2 N–H and O–H groups in total. The van der Waals surface area contributed by atoms with Crippen molar-refractivity contribution in [1.29, 1.82) is 0 Å². The summed E-state index contributed by atoms with van der Waals surface area (Å²) in [5.74, 6) is -1.34. The average molecular weight is 275 g/mol. The minimum absolute atomic E-state index is 0.0841. The number of carboxylic acids is 1. The maximum Gasteiger partial charge on any atom is 0.337 e. The quantitative estimate of drug-likeness (QED) is 0.903. The van der Waals surface area contributed by atoms with Gasteiger partial charge >= 0.3 is 5.97 Å². The summed E-state index contributed by atoms with van der Waals surface area (Å²) in [7, 11) is 0. The second kappa shape index (κ2) is 5.24. The van der Waals surface area contributed by atoms with Crippen molar-refractivity contribution in [2.75, 3.05) is 5.32 Å². The Hall–Kier alpha value is -2.14. The Kier molecular flexibility index (Phi) is 3.66. The number of hydrogen-bond donors (Lipinski definition) is 2. The molecule has 1 aromatic carbocycles. The number of aromatic carboxylic acids is 1. The zero-order valence-corrected chi connectivity index (χ0v) is 11.4. The molecular formula is C14H13NO3S. The average Bonchev–Trinajstić information content (AvgIpc) is 2.70. The van der Waals surface area contributed by atoms with Crippen LogP contribution in [0.3, 0.4) is 0 Å². The van der Waals surface area contributed by atoms with Crippen molar-refractivity contribution in [2.24, 2.45) is 0 Å². The van der Waals surface area contributed by atoms with Crippen LogP contribution in [0.5, 0.6) is 0 Å². The molecule has 0 aliphatic rings. The van der Waals surface area contributed by atoms with Crippen LogP contribution in [0.2, 0.25) is 0 Å². The van der Waals surface area contributed by atoms with Crippen molar-refractivity contribution in [3.63, 3.8) is 0 Å². The number of thiophene rings is 1. The summed E-state index contributed by atoms with van der Waals surface area (Å²) in [5.41, 5.74) is 1.45. The van der Waals surface area contributed by atoms with Gasteiger partial charge in [0.15, 0.2) is 0 Å². The molecule has 0 atom stereocenters. The fourth-order valence-electron chi connectivity index (χ4n) is 1.65. The van der Waals surface area contributed by atoms with Gasteiger partial charge in [-0.25, -0.2) is 4.79 Å². The van der Waals surface area contributed by atoms with Gasteiger partial charge in [0.2, 0.25) is 0 Å². The van der Waals surface area contributed by atoms with Crippen molar-refractivity contribution >= 4 is 28.9 Å². The molecular weight excluding hydrogens is 262 g/mol. The number of carbonyl (C=O) groups is 2. The molecule has 0 unspecified atom stereocenters. The molecule has 0 saturated carbocycles. The van der Waals surface area contributed by atoms with E-state index in [-0.39, 0.29) is 11.5 Å². The lowest BCUT2D eigenvalue weighted by molar-refractivity contribution is 0.0698. The van der Waals surface area contributed by atoms with Crippen LogP contribution in [0.4, 0.5) is 5.69 Å². The predicted molar refractivity (Wildman–Crippen MR) is 75.1 cm³/mol. The van der Waals surface area contributed by atoms with Crippen LogP contribution in [0.25, 0.3) is 0 Å².